The van der Waals surface area contributed by atoms with Crippen LogP contribution in [-0.4, -0.2) is 36.6 Å². The minimum absolute atomic E-state index is 0.0697. The van der Waals surface area contributed by atoms with E-state index in [9.17, 15) is 9.59 Å². The predicted molar refractivity (Wildman–Crippen MR) is 89.1 cm³/mol. The molecule has 0 bridgehead atoms. The molecule has 2 rings (SSSR count). The lowest BCUT2D eigenvalue weighted by molar-refractivity contribution is -0.141. The van der Waals surface area contributed by atoms with E-state index in [1.54, 1.807) is 6.92 Å². The minimum atomic E-state index is -0.400. The zero-order chi connectivity index (χ0) is 16.7. The maximum absolute atomic E-state index is 12.5. The second-order valence-electron chi connectivity index (χ2n) is 5.93. The van der Waals surface area contributed by atoms with Crippen molar-refractivity contribution in [1.29, 1.82) is 0 Å². The van der Waals surface area contributed by atoms with Crippen LogP contribution < -0.4 is 5.32 Å². The molecule has 126 valence electrons. The Labute approximate surface area is 138 Å². The Balaban J connectivity index is 2.06. The molecule has 0 saturated carbocycles. The Kier molecular flexibility index (Phi) is 6.44. The van der Waals surface area contributed by atoms with Crippen LogP contribution in [0.25, 0.3) is 0 Å². The van der Waals surface area contributed by atoms with Gasteiger partial charge in [-0.3, -0.25) is 4.79 Å². The molecule has 1 fully saturated rings. The van der Waals surface area contributed by atoms with Gasteiger partial charge in [0.05, 0.1) is 12.6 Å². The number of benzene rings is 1. The van der Waals surface area contributed by atoms with E-state index in [-0.39, 0.29) is 18.6 Å². The van der Waals surface area contributed by atoms with Gasteiger partial charge in [0.2, 0.25) is 0 Å². The molecule has 1 aromatic carbocycles. The standard InChI is InChI=1S/C18H26N2O3/c1-3-23-17(21)13-19-18(22)20-12-6-4-5-7-16(20)15-10-8-14(2)9-11-15/h8-11,16H,3-7,12-13H2,1-2H3,(H,19,22). The number of hydrogen-bond donors (Lipinski definition) is 1. The first-order valence-electron chi connectivity index (χ1n) is 8.38. The van der Waals surface area contributed by atoms with Gasteiger partial charge in [0.1, 0.15) is 6.54 Å². The van der Waals surface area contributed by atoms with E-state index >= 15 is 0 Å². The monoisotopic (exact) mass is 318 g/mol. The Morgan fingerprint density at radius 3 is 2.65 bits per heavy atom. The molecule has 1 N–H and O–H groups in total. The van der Waals surface area contributed by atoms with Crippen LogP contribution >= 0.6 is 0 Å². The average molecular weight is 318 g/mol. The van der Waals surface area contributed by atoms with Crippen LogP contribution in [0.15, 0.2) is 24.3 Å². The number of nitrogens with zero attached hydrogens (tertiary/aromatic N) is 1. The van der Waals surface area contributed by atoms with Gasteiger partial charge in [-0.1, -0.05) is 42.7 Å². The third kappa shape index (κ3) is 4.98. The fourth-order valence-corrected chi connectivity index (χ4v) is 2.95. The Bertz CT molecular complexity index is 528. The van der Waals surface area contributed by atoms with Crippen LogP contribution in [0, 0.1) is 6.92 Å². The van der Waals surface area contributed by atoms with Gasteiger partial charge in [-0.15, -0.1) is 0 Å². The van der Waals surface area contributed by atoms with E-state index in [1.807, 2.05) is 4.90 Å². The number of likely N-dealkylation sites (tertiary alicyclic amines) is 1. The smallest absolute Gasteiger partial charge is 0.325 e. The number of carbonyl (C=O) groups excluding carboxylic acids is 2. The number of hydrogen-bond acceptors (Lipinski definition) is 3. The molecular formula is C18H26N2O3. The lowest BCUT2D eigenvalue weighted by atomic mass is 10.00. The number of ether oxygens (including phenoxy) is 1. The van der Waals surface area contributed by atoms with Gasteiger partial charge in [-0.2, -0.15) is 0 Å². The van der Waals surface area contributed by atoms with Gasteiger partial charge >= 0.3 is 12.0 Å². The second kappa shape index (κ2) is 8.56. The molecule has 0 aromatic heterocycles. The summed E-state index contributed by atoms with van der Waals surface area (Å²) in [6.45, 7) is 4.77. The number of rotatable bonds is 4. The van der Waals surface area contributed by atoms with Crippen molar-refractivity contribution in [2.75, 3.05) is 19.7 Å². The van der Waals surface area contributed by atoms with Gasteiger partial charge in [-0.25, -0.2) is 4.79 Å². The van der Waals surface area contributed by atoms with Crippen molar-refractivity contribution in [3.05, 3.63) is 35.4 Å². The molecule has 1 aromatic rings. The van der Waals surface area contributed by atoms with Crippen LogP contribution in [0.5, 0.6) is 0 Å². The summed E-state index contributed by atoms with van der Waals surface area (Å²) in [6, 6.07) is 8.23. The summed E-state index contributed by atoms with van der Waals surface area (Å²) in [7, 11) is 0. The quantitative estimate of drug-likeness (QED) is 0.867. The molecule has 1 unspecified atom stereocenters. The van der Waals surface area contributed by atoms with Crippen LogP contribution in [0.1, 0.15) is 49.8 Å². The number of aryl methyl sites for hydroxylation is 1. The van der Waals surface area contributed by atoms with Crippen molar-refractivity contribution >= 4 is 12.0 Å². The first kappa shape index (κ1) is 17.3. The summed E-state index contributed by atoms with van der Waals surface area (Å²) in [5.74, 6) is -0.400. The normalized spacial score (nSPS) is 18.2. The molecule has 0 radical (unpaired) electrons. The highest BCUT2D eigenvalue weighted by Gasteiger charge is 2.26. The predicted octanol–water partition coefficient (Wildman–Crippen LogP) is 3.18. The number of urea groups is 1. The lowest BCUT2D eigenvalue weighted by Crippen LogP contribution is -2.44. The third-order valence-corrected chi connectivity index (χ3v) is 4.17. The molecule has 5 heteroatoms. The number of carbonyl (C=O) groups is 2. The third-order valence-electron chi connectivity index (χ3n) is 4.17. The molecule has 0 aliphatic carbocycles. The van der Waals surface area contributed by atoms with Gasteiger partial charge in [0.15, 0.2) is 0 Å². The molecular weight excluding hydrogens is 292 g/mol. The average Bonchev–Trinajstić information content (AvgIpc) is 2.79. The van der Waals surface area contributed by atoms with E-state index in [0.29, 0.717) is 13.2 Å². The van der Waals surface area contributed by atoms with E-state index in [0.717, 1.165) is 31.2 Å². The molecule has 1 aliphatic rings. The summed E-state index contributed by atoms with van der Waals surface area (Å²) < 4.78 is 4.86. The van der Waals surface area contributed by atoms with Crippen molar-refractivity contribution < 1.29 is 14.3 Å². The Morgan fingerprint density at radius 2 is 1.96 bits per heavy atom. The van der Waals surface area contributed by atoms with Gasteiger partial charge in [-0.05, 0) is 32.3 Å². The highest BCUT2D eigenvalue weighted by Crippen LogP contribution is 2.30. The molecule has 1 atom stereocenters. The summed E-state index contributed by atoms with van der Waals surface area (Å²) in [5, 5.41) is 2.69. The highest BCUT2D eigenvalue weighted by molar-refractivity contribution is 5.81. The van der Waals surface area contributed by atoms with E-state index in [2.05, 4.69) is 36.5 Å². The highest BCUT2D eigenvalue weighted by atomic mass is 16.5. The van der Waals surface area contributed by atoms with Crippen LogP contribution in [-0.2, 0) is 9.53 Å². The maximum Gasteiger partial charge on any atom is 0.325 e. The Hall–Kier alpha value is -2.04. The van der Waals surface area contributed by atoms with Crippen LogP contribution in [0.3, 0.4) is 0 Å². The minimum Gasteiger partial charge on any atom is -0.465 e. The second-order valence-corrected chi connectivity index (χ2v) is 5.93. The summed E-state index contributed by atoms with van der Waals surface area (Å²) in [4.78, 5) is 25.8. The van der Waals surface area contributed by atoms with Crippen molar-refractivity contribution in [2.24, 2.45) is 0 Å². The largest absolute Gasteiger partial charge is 0.465 e. The van der Waals surface area contributed by atoms with Crippen molar-refractivity contribution in [3.8, 4) is 0 Å². The van der Waals surface area contributed by atoms with Crippen LogP contribution in [0.2, 0.25) is 0 Å². The van der Waals surface area contributed by atoms with Crippen molar-refractivity contribution in [2.45, 2.75) is 45.6 Å². The van der Waals surface area contributed by atoms with Gasteiger partial charge in [0.25, 0.3) is 0 Å². The summed E-state index contributed by atoms with van der Waals surface area (Å²) in [6.07, 6.45) is 4.19. The number of esters is 1. The van der Waals surface area contributed by atoms with Crippen molar-refractivity contribution in [3.63, 3.8) is 0 Å². The van der Waals surface area contributed by atoms with E-state index in [4.69, 9.17) is 4.74 Å². The topological polar surface area (TPSA) is 58.6 Å². The molecule has 1 saturated heterocycles. The summed E-state index contributed by atoms with van der Waals surface area (Å²) >= 11 is 0. The fourth-order valence-electron chi connectivity index (χ4n) is 2.95. The van der Waals surface area contributed by atoms with Gasteiger partial charge < -0.3 is 15.0 Å². The maximum atomic E-state index is 12.5. The zero-order valence-electron chi connectivity index (χ0n) is 14.0. The fraction of sp³-hybridized carbons (Fsp3) is 0.556. The van der Waals surface area contributed by atoms with E-state index in [1.165, 1.54) is 5.56 Å². The van der Waals surface area contributed by atoms with Crippen molar-refractivity contribution in [1.82, 2.24) is 10.2 Å². The van der Waals surface area contributed by atoms with Gasteiger partial charge in [0, 0.05) is 6.54 Å². The first-order valence-corrected chi connectivity index (χ1v) is 8.38. The molecule has 0 spiro atoms. The molecule has 5 nitrogen and oxygen atoms in total. The molecule has 1 aliphatic heterocycles. The SMILES string of the molecule is CCOC(=O)CNC(=O)N1CCCCCC1c1ccc(C)cc1. The first-order chi connectivity index (χ1) is 11.1. The van der Waals surface area contributed by atoms with E-state index < -0.39 is 5.97 Å². The Morgan fingerprint density at radius 1 is 1.22 bits per heavy atom. The number of amides is 2. The molecule has 2 amide bonds. The molecule has 23 heavy (non-hydrogen) atoms. The number of nitrogens with one attached hydrogen (secondary N) is 1. The molecule has 1 heterocycles. The van der Waals surface area contributed by atoms with Crippen LogP contribution in [0.4, 0.5) is 4.79 Å². The summed E-state index contributed by atoms with van der Waals surface area (Å²) in [5.41, 5.74) is 2.37. The zero-order valence-corrected chi connectivity index (χ0v) is 14.0. The lowest BCUT2D eigenvalue weighted by Gasteiger charge is -2.30.